The van der Waals surface area contributed by atoms with Crippen LogP contribution in [-0.2, 0) is 0 Å². The number of alkyl halides is 1. The smallest absolute Gasteiger partial charge is 0.202 e. The van der Waals surface area contributed by atoms with E-state index in [1.165, 1.54) is 13.1 Å². The van der Waals surface area contributed by atoms with Crippen molar-refractivity contribution < 1.29 is 8.78 Å². The Labute approximate surface area is 101 Å². The van der Waals surface area contributed by atoms with Crippen LogP contribution in [0, 0.1) is 0 Å². The zero-order chi connectivity index (χ0) is 12.6. The van der Waals surface area contributed by atoms with Crippen molar-refractivity contribution in [2.45, 2.75) is 26.1 Å². The van der Waals surface area contributed by atoms with E-state index in [0.29, 0.717) is 11.1 Å². The van der Waals surface area contributed by atoms with Crippen LogP contribution >= 0.6 is 0 Å². The van der Waals surface area contributed by atoms with E-state index >= 15 is 0 Å². The van der Waals surface area contributed by atoms with Crippen LogP contribution in [0.25, 0.3) is 0 Å². The summed E-state index contributed by atoms with van der Waals surface area (Å²) in [5.74, 6) is -0.516. The van der Waals surface area contributed by atoms with E-state index in [0.717, 1.165) is 30.0 Å². The lowest BCUT2D eigenvalue weighted by Gasteiger charge is -2.35. The molecule has 1 unspecified atom stereocenters. The van der Waals surface area contributed by atoms with Gasteiger partial charge in [-0.15, -0.1) is 0 Å². The zero-order valence-corrected chi connectivity index (χ0v) is 10.5. The number of halogens is 2. The van der Waals surface area contributed by atoms with Gasteiger partial charge in [0.15, 0.2) is 5.95 Å². The number of allylic oxidation sites excluding steroid dienone is 3. The topological polar surface area (TPSA) is 6.48 Å². The molecule has 0 radical (unpaired) electrons. The van der Waals surface area contributed by atoms with Crippen molar-refractivity contribution in [1.29, 1.82) is 0 Å². The molecule has 0 N–H and O–H groups in total. The highest BCUT2D eigenvalue weighted by atomic mass is 19.2. The molecule has 0 spiro atoms. The molecule has 94 valence electrons. The van der Waals surface area contributed by atoms with Crippen molar-refractivity contribution >= 4 is 0 Å². The quantitative estimate of drug-likeness (QED) is 0.650. The van der Waals surface area contributed by atoms with Gasteiger partial charge in [0, 0.05) is 31.9 Å². The summed E-state index contributed by atoms with van der Waals surface area (Å²) in [4.78, 5) is 3.07. The molecule has 2 nitrogen and oxygen atoms in total. The number of rotatable bonds is 1. The maximum Gasteiger partial charge on any atom is 0.202 e. The van der Waals surface area contributed by atoms with Gasteiger partial charge in [-0.05, 0) is 31.4 Å². The highest BCUT2D eigenvalue weighted by molar-refractivity contribution is 5.44. The molecule has 2 aliphatic heterocycles. The number of nitrogens with zero attached hydrogens (tertiary/aromatic N) is 2. The van der Waals surface area contributed by atoms with Crippen LogP contribution in [0.5, 0.6) is 0 Å². The van der Waals surface area contributed by atoms with E-state index in [1.54, 1.807) is 6.92 Å². The number of likely N-dealkylation sites (N-methyl/N-ethyl adjacent to an activating group) is 2. The standard InChI is InChI=1S/C13H18F2N2/c1-9-8-11(14)17(3)13(15)12(9)10-6-4-5-7-16(10)2/h6,8,13H,4-5,7H2,1-3H3. The minimum absolute atomic E-state index is 0.516. The lowest BCUT2D eigenvalue weighted by molar-refractivity contribution is 0.140. The Hall–Kier alpha value is -1.32. The highest BCUT2D eigenvalue weighted by Gasteiger charge is 2.30. The summed E-state index contributed by atoms with van der Waals surface area (Å²) in [5, 5.41) is 0. The fourth-order valence-electron chi connectivity index (χ4n) is 2.33. The van der Waals surface area contributed by atoms with Crippen molar-refractivity contribution in [1.82, 2.24) is 9.80 Å². The molecular weight excluding hydrogens is 222 g/mol. The Morgan fingerprint density at radius 1 is 1.35 bits per heavy atom. The van der Waals surface area contributed by atoms with Gasteiger partial charge in [-0.2, -0.15) is 4.39 Å². The molecule has 17 heavy (non-hydrogen) atoms. The molecule has 2 rings (SSSR count). The average molecular weight is 240 g/mol. The molecule has 0 fully saturated rings. The second kappa shape index (κ2) is 4.51. The lowest BCUT2D eigenvalue weighted by Crippen LogP contribution is -2.35. The first-order chi connectivity index (χ1) is 8.02. The van der Waals surface area contributed by atoms with Gasteiger partial charge < -0.3 is 9.80 Å². The summed E-state index contributed by atoms with van der Waals surface area (Å²) in [6.45, 7) is 2.68. The van der Waals surface area contributed by atoms with Gasteiger partial charge >= 0.3 is 0 Å². The van der Waals surface area contributed by atoms with Crippen molar-refractivity contribution in [3.05, 3.63) is 34.9 Å². The maximum absolute atomic E-state index is 14.2. The fraction of sp³-hybridized carbons (Fsp3) is 0.538. The van der Waals surface area contributed by atoms with Gasteiger partial charge in [0.05, 0.1) is 0 Å². The van der Waals surface area contributed by atoms with Crippen molar-refractivity contribution in [2.24, 2.45) is 0 Å². The van der Waals surface area contributed by atoms with Crippen molar-refractivity contribution in [2.75, 3.05) is 20.6 Å². The van der Waals surface area contributed by atoms with Gasteiger partial charge in [-0.1, -0.05) is 6.08 Å². The van der Waals surface area contributed by atoms with Crippen LogP contribution in [0.3, 0.4) is 0 Å². The van der Waals surface area contributed by atoms with E-state index in [1.807, 2.05) is 18.0 Å². The second-order valence-corrected chi connectivity index (χ2v) is 4.66. The minimum atomic E-state index is -1.40. The third-order valence-corrected chi connectivity index (χ3v) is 3.40. The van der Waals surface area contributed by atoms with E-state index in [4.69, 9.17) is 0 Å². The molecule has 0 saturated heterocycles. The third kappa shape index (κ3) is 2.08. The van der Waals surface area contributed by atoms with E-state index in [2.05, 4.69) is 0 Å². The van der Waals surface area contributed by atoms with Gasteiger partial charge in [0.2, 0.25) is 6.30 Å². The summed E-state index contributed by atoms with van der Waals surface area (Å²) in [7, 11) is 3.39. The summed E-state index contributed by atoms with van der Waals surface area (Å²) >= 11 is 0. The van der Waals surface area contributed by atoms with Crippen LogP contribution in [0.4, 0.5) is 8.78 Å². The molecule has 1 atom stereocenters. The Bertz CT molecular complexity index is 410. The van der Waals surface area contributed by atoms with Crippen LogP contribution in [0.2, 0.25) is 0 Å². The van der Waals surface area contributed by atoms with Crippen LogP contribution in [0.15, 0.2) is 34.9 Å². The Morgan fingerprint density at radius 2 is 2.06 bits per heavy atom. The fourth-order valence-corrected chi connectivity index (χ4v) is 2.33. The largest absolute Gasteiger partial charge is 0.374 e. The van der Waals surface area contributed by atoms with Gasteiger partial charge in [-0.3, -0.25) is 0 Å². The predicted molar refractivity (Wildman–Crippen MR) is 64.5 cm³/mol. The SMILES string of the molecule is CC1=C(C2=CCCCN2C)C(F)N(C)C(F)=C1. The summed E-state index contributed by atoms with van der Waals surface area (Å²) in [6, 6.07) is 0. The van der Waals surface area contributed by atoms with Crippen molar-refractivity contribution in [3.63, 3.8) is 0 Å². The van der Waals surface area contributed by atoms with Gasteiger partial charge in [-0.25, -0.2) is 4.39 Å². The molecule has 0 aromatic carbocycles. The Kier molecular flexibility index (Phi) is 3.22. The molecular formula is C13H18F2N2. The monoisotopic (exact) mass is 240 g/mol. The molecule has 2 heterocycles. The van der Waals surface area contributed by atoms with Crippen LogP contribution in [0.1, 0.15) is 19.8 Å². The summed E-state index contributed by atoms with van der Waals surface area (Å²) in [5.41, 5.74) is 2.17. The van der Waals surface area contributed by atoms with Gasteiger partial charge in [0.1, 0.15) is 0 Å². The Balaban J connectivity index is 2.42. The van der Waals surface area contributed by atoms with E-state index < -0.39 is 12.2 Å². The lowest BCUT2D eigenvalue weighted by atomic mass is 9.97. The molecule has 0 aromatic heterocycles. The summed E-state index contributed by atoms with van der Waals surface area (Å²) in [6.07, 6.45) is 4.09. The highest BCUT2D eigenvalue weighted by Crippen LogP contribution is 2.34. The molecule has 0 aliphatic carbocycles. The van der Waals surface area contributed by atoms with E-state index in [9.17, 15) is 8.78 Å². The Morgan fingerprint density at radius 3 is 2.71 bits per heavy atom. The molecule has 2 aliphatic rings. The molecule has 0 aromatic rings. The molecule has 0 saturated carbocycles. The van der Waals surface area contributed by atoms with Crippen LogP contribution in [-0.4, -0.2) is 36.7 Å². The predicted octanol–water partition coefficient (Wildman–Crippen LogP) is 2.96. The van der Waals surface area contributed by atoms with Gasteiger partial charge in [0.25, 0.3) is 0 Å². The normalized spacial score (nSPS) is 26.1. The van der Waals surface area contributed by atoms with Crippen LogP contribution < -0.4 is 0 Å². The number of hydrogen-bond acceptors (Lipinski definition) is 2. The zero-order valence-electron chi connectivity index (χ0n) is 10.5. The van der Waals surface area contributed by atoms with Crippen molar-refractivity contribution in [3.8, 4) is 0 Å². The second-order valence-electron chi connectivity index (χ2n) is 4.66. The maximum atomic E-state index is 14.2. The molecule has 0 bridgehead atoms. The molecule has 0 amide bonds. The first kappa shape index (κ1) is 12.1. The van der Waals surface area contributed by atoms with E-state index in [-0.39, 0.29) is 0 Å². The first-order valence-corrected chi connectivity index (χ1v) is 5.89. The molecule has 4 heteroatoms. The summed E-state index contributed by atoms with van der Waals surface area (Å²) < 4.78 is 27.6. The average Bonchev–Trinajstić information content (AvgIpc) is 2.29. The minimum Gasteiger partial charge on any atom is -0.374 e. The third-order valence-electron chi connectivity index (χ3n) is 3.40. The number of hydrogen-bond donors (Lipinski definition) is 0. The first-order valence-electron chi connectivity index (χ1n) is 5.89.